The molecule has 2 nitrogen and oxygen atoms in total. The molecule has 1 aliphatic heterocycles. The number of carbonyl (C=O) groups is 1. The Morgan fingerprint density at radius 1 is 1.22 bits per heavy atom. The summed E-state index contributed by atoms with van der Waals surface area (Å²) in [4.78, 5) is 13.3. The molecule has 0 spiro atoms. The molecule has 0 radical (unpaired) electrons. The standard InChI is InChI=1S/C16H16F5NO/c1-2-10-7-14(18)11(8-13(10)17)9-15(23)22-5-3-12(4-6-22)16(19,20)21/h2,7-8,12H,1,3-6,9H2. The smallest absolute Gasteiger partial charge is 0.342 e. The Labute approximate surface area is 130 Å². The third-order valence-corrected chi connectivity index (χ3v) is 4.04. The van der Waals surface area contributed by atoms with Gasteiger partial charge in [0.1, 0.15) is 11.6 Å². The number of halogens is 5. The highest BCUT2D eigenvalue weighted by atomic mass is 19.4. The summed E-state index contributed by atoms with van der Waals surface area (Å²) in [6, 6.07) is 1.87. The molecule has 1 aromatic carbocycles. The van der Waals surface area contributed by atoms with E-state index in [2.05, 4.69) is 6.58 Å². The fourth-order valence-corrected chi connectivity index (χ4v) is 2.63. The topological polar surface area (TPSA) is 20.3 Å². The van der Waals surface area contributed by atoms with Crippen LogP contribution < -0.4 is 0 Å². The molecule has 1 aromatic rings. The van der Waals surface area contributed by atoms with Gasteiger partial charge in [0, 0.05) is 24.2 Å². The van der Waals surface area contributed by atoms with Gasteiger partial charge in [-0.05, 0) is 25.0 Å². The van der Waals surface area contributed by atoms with Crippen molar-refractivity contribution < 1.29 is 26.7 Å². The Bertz CT molecular complexity index is 603. The Morgan fingerprint density at radius 2 is 1.83 bits per heavy atom. The average molecular weight is 333 g/mol. The maximum Gasteiger partial charge on any atom is 0.391 e. The summed E-state index contributed by atoms with van der Waals surface area (Å²) >= 11 is 0. The molecule has 0 N–H and O–H groups in total. The first-order chi connectivity index (χ1) is 10.7. The van der Waals surface area contributed by atoms with Gasteiger partial charge in [-0.15, -0.1) is 0 Å². The number of alkyl halides is 3. The lowest BCUT2D eigenvalue weighted by Crippen LogP contribution is -2.42. The number of carbonyl (C=O) groups excluding carboxylic acids is 1. The summed E-state index contributed by atoms with van der Waals surface area (Å²) in [5.74, 6) is -3.34. The number of likely N-dealkylation sites (tertiary alicyclic amines) is 1. The Hall–Kier alpha value is -1.92. The second-order valence-electron chi connectivity index (χ2n) is 5.54. The largest absolute Gasteiger partial charge is 0.391 e. The van der Waals surface area contributed by atoms with E-state index in [0.717, 1.165) is 18.2 Å². The van der Waals surface area contributed by atoms with Crippen molar-refractivity contribution in [3.63, 3.8) is 0 Å². The van der Waals surface area contributed by atoms with Crippen molar-refractivity contribution in [1.82, 2.24) is 4.90 Å². The van der Waals surface area contributed by atoms with Crippen LogP contribution in [0.4, 0.5) is 22.0 Å². The predicted molar refractivity (Wildman–Crippen MR) is 75.5 cm³/mol. The first-order valence-electron chi connectivity index (χ1n) is 7.17. The molecule has 1 saturated heterocycles. The fourth-order valence-electron chi connectivity index (χ4n) is 2.63. The molecule has 0 saturated carbocycles. The van der Waals surface area contributed by atoms with Crippen molar-refractivity contribution in [2.24, 2.45) is 5.92 Å². The van der Waals surface area contributed by atoms with Gasteiger partial charge in [-0.25, -0.2) is 8.78 Å². The van der Waals surface area contributed by atoms with E-state index >= 15 is 0 Å². The van der Waals surface area contributed by atoms with Crippen molar-refractivity contribution in [2.45, 2.75) is 25.4 Å². The second kappa shape index (κ2) is 6.68. The fraction of sp³-hybridized carbons (Fsp3) is 0.438. The Balaban J connectivity index is 2.01. The molecule has 1 aliphatic rings. The number of benzene rings is 1. The Kier molecular flexibility index (Phi) is 5.06. The number of hydrogen-bond donors (Lipinski definition) is 0. The van der Waals surface area contributed by atoms with Crippen LogP contribution in [0.2, 0.25) is 0 Å². The van der Waals surface area contributed by atoms with Crippen molar-refractivity contribution >= 4 is 12.0 Å². The van der Waals surface area contributed by atoms with Crippen LogP contribution in [0.3, 0.4) is 0 Å². The van der Waals surface area contributed by atoms with E-state index in [-0.39, 0.29) is 43.5 Å². The van der Waals surface area contributed by atoms with Crippen molar-refractivity contribution in [2.75, 3.05) is 13.1 Å². The molecule has 7 heteroatoms. The molecular weight excluding hydrogens is 317 g/mol. The molecule has 0 bridgehead atoms. The molecule has 1 fully saturated rings. The van der Waals surface area contributed by atoms with Crippen LogP contribution in [0.1, 0.15) is 24.0 Å². The minimum atomic E-state index is -4.26. The zero-order chi connectivity index (χ0) is 17.2. The van der Waals surface area contributed by atoms with Gasteiger partial charge in [-0.3, -0.25) is 4.79 Å². The third-order valence-electron chi connectivity index (χ3n) is 4.04. The number of rotatable bonds is 3. The van der Waals surface area contributed by atoms with E-state index in [1.807, 2.05) is 0 Å². The second-order valence-corrected chi connectivity index (χ2v) is 5.54. The number of piperidine rings is 1. The Morgan fingerprint density at radius 3 is 2.35 bits per heavy atom. The number of amides is 1. The van der Waals surface area contributed by atoms with Gasteiger partial charge in [-0.1, -0.05) is 12.7 Å². The van der Waals surface area contributed by atoms with Gasteiger partial charge in [-0.2, -0.15) is 13.2 Å². The highest BCUT2D eigenvalue weighted by Crippen LogP contribution is 2.34. The minimum absolute atomic E-state index is 0.00955. The molecule has 0 aliphatic carbocycles. The molecule has 0 atom stereocenters. The number of nitrogens with zero attached hydrogens (tertiary/aromatic N) is 1. The van der Waals surface area contributed by atoms with Crippen molar-refractivity contribution in [3.8, 4) is 0 Å². The maximum atomic E-state index is 13.8. The zero-order valence-corrected chi connectivity index (χ0v) is 12.3. The number of hydrogen-bond acceptors (Lipinski definition) is 1. The van der Waals surface area contributed by atoms with Gasteiger partial charge in [0.15, 0.2) is 0 Å². The summed E-state index contributed by atoms with van der Waals surface area (Å²) < 4.78 is 65.2. The van der Waals surface area contributed by atoms with Crippen LogP contribution >= 0.6 is 0 Å². The normalized spacial score (nSPS) is 16.5. The van der Waals surface area contributed by atoms with Gasteiger partial charge in [0.2, 0.25) is 5.91 Å². The van der Waals surface area contributed by atoms with Crippen molar-refractivity contribution in [1.29, 1.82) is 0 Å². The van der Waals surface area contributed by atoms with Crippen LogP contribution in [0, 0.1) is 17.6 Å². The monoisotopic (exact) mass is 333 g/mol. The summed E-state index contributed by atoms with van der Waals surface area (Å²) in [5, 5.41) is 0. The zero-order valence-electron chi connectivity index (χ0n) is 12.3. The van der Waals surface area contributed by atoms with Gasteiger partial charge in [0.25, 0.3) is 0 Å². The van der Waals surface area contributed by atoms with Crippen LogP contribution in [0.5, 0.6) is 0 Å². The molecule has 0 aromatic heterocycles. The molecule has 23 heavy (non-hydrogen) atoms. The summed E-state index contributed by atoms with van der Waals surface area (Å²) in [5.41, 5.74) is -0.124. The van der Waals surface area contributed by atoms with Crippen molar-refractivity contribution in [3.05, 3.63) is 41.5 Å². The van der Waals surface area contributed by atoms with E-state index in [4.69, 9.17) is 0 Å². The van der Waals surface area contributed by atoms with Gasteiger partial charge in [0.05, 0.1) is 12.3 Å². The first kappa shape index (κ1) is 17.4. The molecule has 2 rings (SSSR count). The van der Waals surface area contributed by atoms with Crippen LogP contribution in [-0.4, -0.2) is 30.1 Å². The highest BCUT2D eigenvalue weighted by Gasteiger charge is 2.41. The summed E-state index contributed by atoms with van der Waals surface area (Å²) in [6.45, 7) is 3.29. The van der Waals surface area contributed by atoms with E-state index in [9.17, 15) is 26.7 Å². The summed E-state index contributed by atoms with van der Waals surface area (Å²) in [6.07, 6.45) is -3.81. The highest BCUT2D eigenvalue weighted by molar-refractivity contribution is 5.79. The lowest BCUT2D eigenvalue weighted by atomic mass is 9.96. The molecule has 0 unspecified atom stereocenters. The van der Waals surface area contributed by atoms with Crippen LogP contribution in [0.25, 0.3) is 6.08 Å². The van der Waals surface area contributed by atoms with Crippen LogP contribution in [0.15, 0.2) is 18.7 Å². The summed E-state index contributed by atoms with van der Waals surface area (Å²) in [7, 11) is 0. The predicted octanol–water partition coefficient (Wildman–Crippen LogP) is 3.95. The lowest BCUT2D eigenvalue weighted by molar-refractivity contribution is -0.186. The molecular formula is C16H16F5NO. The van der Waals surface area contributed by atoms with E-state index in [0.29, 0.717) is 0 Å². The minimum Gasteiger partial charge on any atom is -0.342 e. The van der Waals surface area contributed by atoms with Gasteiger partial charge < -0.3 is 4.90 Å². The SMILES string of the molecule is C=Cc1cc(F)c(CC(=O)N2CCC(C(F)(F)F)CC2)cc1F. The quantitative estimate of drug-likeness (QED) is 0.767. The average Bonchev–Trinajstić information content (AvgIpc) is 2.49. The first-order valence-corrected chi connectivity index (χ1v) is 7.17. The maximum absolute atomic E-state index is 13.8. The molecule has 1 heterocycles. The lowest BCUT2D eigenvalue weighted by Gasteiger charge is -2.33. The van der Waals surface area contributed by atoms with E-state index in [1.54, 1.807) is 0 Å². The third kappa shape index (κ3) is 4.09. The molecule has 126 valence electrons. The van der Waals surface area contributed by atoms with Crippen LogP contribution in [-0.2, 0) is 11.2 Å². The molecule has 1 amide bonds. The van der Waals surface area contributed by atoms with Gasteiger partial charge >= 0.3 is 6.18 Å². The van der Waals surface area contributed by atoms with E-state index < -0.39 is 29.6 Å². The van der Waals surface area contributed by atoms with E-state index in [1.165, 1.54) is 4.90 Å².